The maximum Gasteiger partial charge on any atom is 0.331 e. The van der Waals surface area contributed by atoms with Crippen LogP contribution in [0.3, 0.4) is 0 Å². The fourth-order valence-electron chi connectivity index (χ4n) is 5.29. The lowest BCUT2D eigenvalue weighted by Crippen LogP contribution is -2.56. The Morgan fingerprint density at radius 3 is 2.69 bits per heavy atom. The van der Waals surface area contributed by atoms with Crippen molar-refractivity contribution in [1.82, 2.24) is 5.32 Å². The molecule has 6 atom stereocenters. The topological polar surface area (TPSA) is 75.6 Å². The molecule has 1 fully saturated rings. The Morgan fingerprint density at radius 1 is 1.28 bits per heavy atom. The van der Waals surface area contributed by atoms with E-state index >= 15 is 0 Å². The Hall–Kier alpha value is -1.88. The molecule has 1 aliphatic carbocycles. The number of ether oxygens (including phenoxy) is 1. The van der Waals surface area contributed by atoms with Crippen molar-refractivity contribution in [2.45, 2.75) is 78.0 Å². The van der Waals surface area contributed by atoms with Crippen molar-refractivity contribution < 1.29 is 19.4 Å². The van der Waals surface area contributed by atoms with Gasteiger partial charge in [-0.1, -0.05) is 44.1 Å². The summed E-state index contributed by atoms with van der Waals surface area (Å²) in [5.74, 6) is -0.632. The zero-order valence-corrected chi connectivity index (χ0v) is 18.3. The SMILES string of the molecule is CC1=C[C@@H]2/C=C(/C)CCC[C@H](O)/C=C/C(=O)O[C@]23C(=O)N[C@@H](CC(C)C)[C@H]3[C@H]1C. The zero-order chi connectivity index (χ0) is 21.3. The maximum absolute atomic E-state index is 13.4. The van der Waals surface area contributed by atoms with Crippen LogP contribution in [-0.4, -0.2) is 34.7 Å². The standard InChI is InChI=1S/C24H35NO4/c1-14(2)11-20-22-17(5)16(4)13-18-12-15(3)7-6-8-19(26)9-10-21(27)29-24(18,22)23(28)25-20/h9-10,12-14,17-20,22,26H,6-8,11H2,1-5H3,(H,25,28)/b10-9+,15-12-/t17-,18-,19-,20-,22+,24+/m0/s1. The second kappa shape index (κ2) is 8.47. The van der Waals surface area contributed by atoms with Crippen LogP contribution in [0, 0.1) is 23.7 Å². The van der Waals surface area contributed by atoms with Crippen LogP contribution in [0.25, 0.3) is 0 Å². The summed E-state index contributed by atoms with van der Waals surface area (Å²) in [7, 11) is 0. The van der Waals surface area contributed by atoms with Crippen molar-refractivity contribution in [1.29, 1.82) is 0 Å². The van der Waals surface area contributed by atoms with Crippen molar-refractivity contribution >= 4 is 11.9 Å². The molecular formula is C24H35NO4. The molecule has 3 rings (SSSR count). The van der Waals surface area contributed by atoms with E-state index in [4.69, 9.17) is 4.74 Å². The molecule has 160 valence electrons. The first-order chi connectivity index (χ1) is 13.6. The van der Waals surface area contributed by atoms with E-state index in [9.17, 15) is 14.7 Å². The summed E-state index contributed by atoms with van der Waals surface area (Å²) < 4.78 is 6.04. The smallest absolute Gasteiger partial charge is 0.331 e. The Labute approximate surface area is 174 Å². The number of carbonyl (C=O) groups excluding carboxylic acids is 2. The van der Waals surface area contributed by atoms with Crippen molar-refractivity contribution in [3.8, 4) is 0 Å². The second-order valence-corrected chi connectivity index (χ2v) is 9.51. The van der Waals surface area contributed by atoms with Crippen molar-refractivity contribution in [2.75, 3.05) is 0 Å². The van der Waals surface area contributed by atoms with E-state index in [1.807, 2.05) is 0 Å². The van der Waals surface area contributed by atoms with Gasteiger partial charge in [0.15, 0.2) is 0 Å². The van der Waals surface area contributed by atoms with Crippen LogP contribution in [0.1, 0.15) is 60.3 Å². The maximum atomic E-state index is 13.4. The number of rotatable bonds is 2. The molecule has 0 saturated carbocycles. The number of esters is 1. The summed E-state index contributed by atoms with van der Waals surface area (Å²) in [5, 5.41) is 13.3. The zero-order valence-electron chi connectivity index (χ0n) is 18.3. The van der Waals surface area contributed by atoms with Gasteiger partial charge in [-0.05, 0) is 57.4 Å². The highest BCUT2D eigenvalue weighted by atomic mass is 16.6. The molecule has 2 heterocycles. The number of carbonyl (C=O) groups is 2. The molecule has 1 spiro atoms. The second-order valence-electron chi connectivity index (χ2n) is 9.51. The third-order valence-electron chi connectivity index (χ3n) is 6.78. The highest BCUT2D eigenvalue weighted by molar-refractivity contribution is 5.94. The molecule has 1 amide bonds. The van der Waals surface area contributed by atoms with E-state index in [1.54, 1.807) is 0 Å². The van der Waals surface area contributed by atoms with Crippen LogP contribution >= 0.6 is 0 Å². The van der Waals surface area contributed by atoms with Crippen LogP contribution in [0.2, 0.25) is 0 Å². The monoisotopic (exact) mass is 401 g/mol. The Kier molecular flexibility index (Phi) is 6.37. The summed E-state index contributed by atoms with van der Waals surface area (Å²) in [6.45, 7) is 10.6. The van der Waals surface area contributed by atoms with Crippen molar-refractivity contribution in [2.24, 2.45) is 23.7 Å². The Morgan fingerprint density at radius 2 is 2.00 bits per heavy atom. The highest BCUT2D eigenvalue weighted by Gasteiger charge is 2.64. The Bertz CT molecular complexity index is 750. The fraction of sp³-hybridized carbons (Fsp3) is 0.667. The van der Waals surface area contributed by atoms with Gasteiger partial charge >= 0.3 is 5.97 Å². The molecule has 2 N–H and O–H groups in total. The molecule has 5 nitrogen and oxygen atoms in total. The van der Waals surface area contributed by atoms with Crippen LogP contribution in [-0.2, 0) is 14.3 Å². The van der Waals surface area contributed by atoms with Gasteiger partial charge < -0.3 is 15.2 Å². The molecule has 2 aliphatic heterocycles. The van der Waals surface area contributed by atoms with Gasteiger partial charge in [0.05, 0.1) is 6.10 Å². The molecule has 3 aliphatic rings. The molecule has 5 heteroatoms. The van der Waals surface area contributed by atoms with E-state index in [2.05, 4.69) is 52.1 Å². The third-order valence-corrected chi connectivity index (χ3v) is 6.78. The van der Waals surface area contributed by atoms with Gasteiger partial charge in [0.25, 0.3) is 5.91 Å². The normalized spacial score (nSPS) is 41.0. The van der Waals surface area contributed by atoms with Gasteiger partial charge in [-0.2, -0.15) is 0 Å². The van der Waals surface area contributed by atoms with Crippen LogP contribution < -0.4 is 5.32 Å². The molecule has 0 aromatic rings. The van der Waals surface area contributed by atoms with Gasteiger partial charge in [-0.3, -0.25) is 4.79 Å². The minimum absolute atomic E-state index is 0.0346. The number of amides is 1. The quantitative estimate of drug-likeness (QED) is 0.547. The van der Waals surface area contributed by atoms with E-state index < -0.39 is 17.7 Å². The lowest BCUT2D eigenvalue weighted by molar-refractivity contribution is -0.172. The van der Waals surface area contributed by atoms with Gasteiger partial charge in [0.1, 0.15) is 0 Å². The molecule has 0 aromatic carbocycles. The van der Waals surface area contributed by atoms with Gasteiger partial charge in [0, 0.05) is 24.0 Å². The molecule has 29 heavy (non-hydrogen) atoms. The average molecular weight is 402 g/mol. The van der Waals surface area contributed by atoms with Crippen LogP contribution in [0.4, 0.5) is 0 Å². The number of hydrogen-bond acceptors (Lipinski definition) is 4. The Balaban J connectivity index is 2.13. The number of allylic oxidation sites excluding steroid dienone is 2. The lowest BCUT2D eigenvalue weighted by Gasteiger charge is -2.45. The predicted molar refractivity (Wildman–Crippen MR) is 113 cm³/mol. The van der Waals surface area contributed by atoms with E-state index in [1.165, 1.54) is 17.7 Å². The molecule has 0 radical (unpaired) electrons. The summed E-state index contributed by atoms with van der Waals surface area (Å²) in [6, 6.07) is -0.0346. The largest absolute Gasteiger partial charge is 0.444 e. The van der Waals surface area contributed by atoms with E-state index in [0.29, 0.717) is 12.3 Å². The first kappa shape index (κ1) is 21.8. The van der Waals surface area contributed by atoms with Gasteiger partial charge in [0.2, 0.25) is 5.60 Å². The first-order valence-electron chi connectivity index (χ1n) is 10.9. The van der Waals surface area contributed by atoms with Gasteiger partial charge in [-0.15, -0.1) is 0 Å². The predicted octanol–water partition coefficient (Wildman–Crippen LogP) is 3.69. The number of hydrogen-bond donors (Lipinski definition) is 2. The molecule has 0 aromatic heterocycles. The van der Waals surface area contributed by atoms with Crippen LogP contribution in [0.5, 0.6) is 0 Å². The van der Waals surface area contributed by atoms with E-state index in [0.717, 1.165) is 24.8 Å². The van der Waals surface area contributed by atoms with Crippen molar-refractivity contribution in [3.05, 3.63) is 35.5 Å². The molecule has 0 unspecified atom stereocenters. The number of aliphatic hydroxyl groups is 1. The van der Waals surface area contributed by atoms with Crippen LogP contribution in [0.15, 0.2) is 35.5 Å². The molecule has 0 bridgehead atoms. The summed E-state index contributed by atoms with van der Waals surface area (Å²) in [6.07, 6.45) is 9.40. The molecular weight excluding hydrogens is 366 g/mol. The van der Waals surface area contributed by atoms with E-state index in [-0.39, 0.29) is 29.7 Å². The first-order valence-corrected chi connectivity index (χ1v) is 10.9. The summed E-state index contributed by atoms with van der Waals surface area (Å²) >= 11 is 0. The third kappa shape index (κ3) is 4.20. The highest BCUT2D eigenvalue weighted by Crippen LogP contribution is 2.50. The van der Waals surface area contributed by atoms with Crippen molar-refractivity contribution in [3.63, 3.8) is 0 Å². The summed E-state index contributed by atoms with van der Waals surface area (Å²) in [4.78, 5) is 26.2. The molecule has 1 saturated heterocycles. The summed E-state index contributed by atoms with van der Waals surface area (Å²) in [5.41, 5.74) is 1.14. The lowest BCUT2D eigenvalue weighted by atomic mass is 9.63. The average Bonchev–Trinajstić information content (AvgIpc) is 2.89. The number of aliphatic hydroxyl groups excluding tert-OH is 1. The number of nitrogens with one attached hydrogen (secondary N) is 1. The minimum atomic E-state index is -1.24. The fourth-order valence-corrected chi connectivity index (χ4v) is 5.29. The minimum Gasteiger partial charge on any atom is -0.444 e. The van der Waals surface area contributed by atoms with Gasteiger partial charge in [-0.25, -0.2) is 4.79 Å².